The summed E-state index contributed by atoms with van der Waals surface area (Å²) < 4.78 is 13.8. The molecule has 4 rings (SSSR count). The van der Waals surface area contributed by atoms with Crippen LogP contribution < -0.4 is 14.4 Å². The largest absolute Gasteiger partial charge is 0.497 e. The topological polar surface area (TPSA) is 69.5 Å². The number of nitrogens with zero attached hydrogens (tertiary/aromatic N) is 4. The quantitative estimate of drug-likeness (QED) is 0.403. The van der Waals surface area contributed by atoms with Crippen LogP contribution in [0.4, 0.5) is 5.13 Å². The third-order valence-corrected chi connectivity index (χ3v) is 5.69. The van der Waals surface area contributed by atoms with Crippen LogP contribution >= 0.6 is 11.3 Å². The molecule has 0 radical (unpaired) electrons. The van der Waals surface area contributed by atoms with Crippen LogP contribution in [0.1, 0.15) is 24.2 Å². The van der Waals surface area contributed by atoms with E-state index in [9.17, 15) is 4.79 Å². The van der Waals surface area contributed by atoms with Crippen molar-refractivity contribution in [1.82, 2.24) is 14.8 Å². The predicted molar refractivity (Wildman–Crippen MR) is 122 cm³/mol. The second-order valence-electron chi connectivity index (χ2n) is 7.25. The standard InChI is InChI=1S/C23H24N4O3S/c1-16(2)30-18-7-5-17(6-8-18)22(28)27(14-13-26-12-4-11-24-26)23-25-20-10-9-19(29-3)15-21(20)31-23/h4-12,15-16H,13-14H2,1-3H3. The highest BCUT2D eigenvalue weighted by Gasteiger charge is 2.22. The zero-order valence-corrected chi connectivity index (χ0v) is 18.5. The zero-order chi connectivity index (χ0) is 21.8. The minimum atomic E-state index is -0.116. The Bertz CT molecular complexity index is 1150. The average Bonchev–Trinajstić information content (AvgIpc) is 3.43. The first-order valence-corrected chi connectivity index (χ1v) is 10.9. The van der Waals surface area contributed by atoms with E-state index < -0.39 is 0 Å². The monoisotopic (exact) mass is 436 g/mol. The number of thiazole rings is 1. The number of hydrogen-bond donors (Lipinski definition) is 0. The van der Waals surface area contributed by atoms with Crippen LogP contribution in [0.5, 0.6) is 11.5 Å². The van der Waals surface area contributed by atoms with Crippen LogP contribution in [0, 0.1) is 0 Å². The summed E-state index contributed by atoms with van der Waals surface area (Å²) in [4.78, 5) is 19.8. The van der Waals surface area contributed by atoms with Crippen molar-refractivity contribution in [3.63, 3.8) is 0 Å². The summed E-state index contributed by atoms with van der Waals surface area (Å²) in [6, 6.07) is 14.8. The molecule has 160 valence electrons. The molecule has 0 aliphatic rings. The van der Waals surface area contributed by atoms with E-state index in [0.717, 1.165) is 21.7 Å². The number of benzene rings is 2. The summed E-state index contributed by atoms with van der Waals surface area (Å²) in [5.41, 5.74) is 1.41. The van der Waals surface area contributed by atoms with E-state index >= 15 is 0 Å². The summed E-state index contributed by atoms with van der Waals surface area (Å²) in [6.45, 7) is 4.95. The maximum absolute atomic E-state index is 13.4. The van der Waals surface area contributed by atoms with Crippen molar-refractivity contribution in [3.8, 4) is 11.5 Å². The van der Waals surface area contributed by atoms with Gasteiger partial charge in [-0.2, -0.15) is 5.10 Å². The van der Waals surface area contributed by atoms with Gasteiger partial charge in [0.25, 0.3) is 5.91 Å². The number of carbonyl (C=O) groups is 1. The molecule has 0 aliphatic heterocycles. The Labute approximate surface area is 184 Å². The number of hydrogen-bond acceptors (Lipinski definition) is 6. The highest BCUT2D eigenvalue weighted by atomic mass is 32.1. The van der Waals surface area contributed by atoms with E-state index in [4.69, 9.17) is 14.5 Å². The molecule has 2 heterocycles. The fourth-order valence-corrected chi connectivity index (χ4v) is 4.18. The van der Waals surface area contributed by atoms with E-state index in [2.05, 4.69) is 5.10 Å². The second kappa shape index (κ2) is 9.18. The molecule has 0 bridgehead atoms. The number of anilines is 1. The molecule has 0 spiro atoms. The van der Waals surface area contributed by atoms with Gasteiger partial charge in [-0.05, 0) is 62.4 Å². The number of ether oxygens (including phenoxy) is 2. The minimum Gasteiger partial charge on any atom is -0.497 e. The van der Waals surface area contributed by atoms with Crippen molar-refractivity contribution in [2.45, 2.75) is 26.5 Å². The molecule has 2 aromatic carbocycles. The van der Waals surface area contributed by atoms with Crippen LogP contribution in [-0.2, 0) is 6.54 Å². The Morgan fingerprint density at radius 1 is 1.16 bits per heavy atom. The molecule has 0 aliphatic carbocycles. The molecule has 8 heteroatoms. The SMILES string of the molecule is COc1ccc2nc(N(CCn3cccn3)C(=O)c3ccc(OC(C)C)cc3)sc2c1. The number of amides is 1. The predicted octanol–water partition coefficient (Wildman–Crippen LogP) is 4.64. The smallest absolute Gasteiger partial charge is 0.260 e. The van der Waals surface area contributed by atoms with E-state index in [1.807, 2.05) is 56.4 Å². The molecule has 0 saturated carbocycles. The lowest BCUT2D eigenvalue weighted by atomic mass is 10.2. The van der Waals surface area contributed by atoms with E-state index in [-0.39, 0.29) is 12.0 Å². The number of methoxy groups -OCH3 is 1. The lowest BCUT2D eigenvalue weighted by Crippen LogP contribution is -2.34. The van der Waals surface area contributed by atoms with Gasteiger partial charge >= 0.3 is 0 Å². The minimum absolute atomic E-state index is 0.0758. The van der Waals surface area contributed by atoms with Gasteiger partial charge in [-0.3, -0.25) is 14.4 Å². The summed E-state index contributed by atoms with van der Waals surface area (Å²) >= 11 is 1.47. The first-order valence-electron chi connectivity index (χ1n) is 10.0. The second-order valence-corrected chi connectivity index (χ2v) is 8.26. The van der Waals surface area contributed by atoms with Gasteiger partial charge < -0.3 is 9.47 Å². The zero-order valence-electron chi connectivity index (χ0n) is 17.7. The molecule has 0 fully saturated rings. The molecule has 31 heavy (non-hydrogen) atoms. The lowest BCUT2D eigenvalue weighted by Gasteiger charge is -2.20. The van der Waals surface area contributed by atoms with Gasteiger partial charge in [0.15, 0.2) is 5.13 Å². The van der Waals surface area contributed by atoms with Crippen LogP contribution in [0.2, 0.25) is 0 Å². The van der Waals surface area contributed by atoms with Crippen molar-refractivity contribution in [2.24, 2.45) is 0 Å². The Morgan fingerprint density at radius 3 is 2.61 bits per heavy atom. The molecule has 0 unspecified atom stereocenters. The fraction of sp³-hybridized carbons (Fsp3) is 0.261. The normalized spacial score (nSPS) is 11.1. The highest BCUT2D eigenvalue weighted by Crippen LogP contribution is 2.32. The maximum Gasteiger partial charge on any atom is 0.260 e. The molecule has 2 aromatic heterocycles. The van der Waals surface area contributed by atoms with Crippen LogP contribution in [-0.4, -0.2) is 40.4 Å². The summed E-state index contributed by atoms with van der Waals surface area (Å²) in [5, 5.41) is 4.89. The lowest BCUT2D eigenvalue weighted by molar-refractivity contribution is 0.0985. The van der Waals surface area contributed by atoms with Gasteiger partial charge in [-0.1, -0.05) is 11.3 Å². The maximum atomic E-state index is 13.4. The van der Waals surface area contributed by atoms with Gasteiger partial charge in [0.1, 0.15) is 11.5 Å². The number of carbonyl (C=O) groups excluding carboxylic acids is 1. The fourth-order valence-electron chi connectivity index (χ4n) is 3.16. The Kier molecular flexibility index (Phi) is 6.18. The number of rotatable bonds is 8. The summed E-state index contributed by atoms with van der Waals surface area (Å²) in [6.07, 6.45) is 3.68. The van der Waals surface area contributed by atoms with E-state index in [1.54, 1.807) is 35.0 Å². The molecular weight excluding hydrogens is 412 g/mol. The van der Waals surface area contributed by atoms with Crippen LogP contribution in [0.3, 0.4) is 0 Å². The van der Waals surface area contributed by atoms with E-state index in [0.29, 0.717) is 23.8 Å². The van der Waals surface area contributed by atoms with Gasteiger partial charge in [0.05, 0.1) is 30.0 Å². The Balaban J connectivity index is 1.64. The first kappa shape index (κ1) is 20.9. The molecule has 7 nitrogen and oxygen atoms in total. The van der Waals surface area contributed by atoms with Crippen molar-refractivity contribution in [1.29, 1.82) is 0 Å². The molecule has 0 N–H and O–H groups in total. The van der Waals surface area contributed by atoms with Crippen molar-refractivity contribution < 1.29 is 14.3 Å². The van der Waals surface area contributed by atoms with Gasteiger partial charge in [-0.25, -0.2) is 4.98 Å². The first-order chi connectivity index (χ1) is 15.0. The van der Waals surface area contributed by atoms with Gasteiger partial charge in [0.2, 0.25) is 0 Å². The van der Waals surface area contributed by atoms with Crippen LogP contribution in [0.15, 0.2) is 60.9 Å². The van der Waals surface area contributed by atoms with Crippen molar-refractivity contribution in [2.75, 3.05) is 18.6 Å². The average molecular weight is 437 g/mol. The van der Waals surface area contributed by atoms with Crippen molar-refractivity contribution >= 4 is 32.6 Å². The molecule has 4 aromatic rings. The van der Waals surface area contributed by atoms with Gasteiger partial charge in [0, 0.05) is 24.5 Å². The Morgan fingerprint density at radius 2 is 1.94 bits per heavy atom. The number of fused-ring (bicyclic) bond motifs is 1. The molecule has 0 atom stereocenters. The highest BCUT2D eigenvalue weighted by molar-refractivity contribution is 7.22. The molecular formula is C23H24N4O3S. The van der Waals surface area contributed by atoms with E-state index in [1.165, 1.54) is 11.3 Å². The third-order valence-electron chi connectivity index (χ3n) is 4.65. The Hall–Kier alpha value is -3.39. The third kappa shape index (κ3) is 4.86. The molecule has 0 saturated heterocycles. The molecule has 1 amide bonds. The summed E-state index contributed by atoms with van der Waals surface area (Å²) in [5.74, 6) is 1.38. The van der Waals surface area contributed by atoms with Crippen molar-refractivity contribution in [3.05, 3.63) is 66.5 Å². The van der Waals surface area contributed by atoms with Crippen LogP contribution in [0.25, 0.3) is 10.2 Å². The summed E-state index contributed by atoms with van der Waals surface area (Å²) in [7, 11) is 1.63. The van der Waals surface area contributed by atoms with Gasteiger partial charge in [-0.15, -0.1) is 0 Å². The number of aromatic nitrogens is 3.